The van der Waals surface area contributed by atoms with Gasteiger partial charge in [-0.15, -0.1) is 0 Å². The SMILES string of the molecule is CCCC/C=C/CCCCCCCCCCCC(=O)O[C@@H](COC(=O)CCCCCCCCCCCCCCCCCCCCCCC)CO[C@H]1O[C@@H](CO)[C@@H](O)C(O)C1O. The minimum absolute atomic E-state index is 0.212. The van der Waals surface area contributed by atoms with E-state index in [1.54, 1.807) is 0 Å². The van der Waals surface area contributed by atoms with E-state index in [-0.39, 0.29) is 32.0 Å². The number of esters is 2. The van der Waals surface area contributed by atoms with Gasteiger partial charge in [0.25, 0.3) is 0 Å². The zero-order valence-electron chi connectivity index (χ0n) is 39.4. The van der Waals surface area contributed by atoms with Gasteiger partial charge in [-0.25, -0.2) is 0 Å². The summed E-state index contributed by atoms with van der Waals surface area (Å²) in [5.41, 5.74) is 0. The lowest BCUT2D eigenvalue weighted by Gasteiger charge is -2.39. The van der Waals surface area contributed by atoms with Crippen molar-refractivity contribution in [3.8, 4) is 0 Å². The highest BCUT2D eigenvalue weighted by molar-refractivity contribution is 5.70. The van der Waals surface area contributed by atoms with Gasteiger partial charge in [0.1, 0.15) is 31.0 Å². The summed E-state index contributed by atoms with van der Waals surface area (Å²) < 4.78 is 22.2. The van der Waals surface area contributed by atoms with Crippen molar-refractivity contribution in [1.29, 1.82) is 0 Å². The smallest absolute Gasteiger partial charge is 0.306 e. The minimum Gasteiger partial charge on any atom is -0.462 e. The summed E-state index contributed by atoms with van der Waals surface area (Å²) in [6.07, 6.45) is 39.3. The van der Waals surface area contributed by atoms with Crippen LogP contribution in [0.2, 0.25) is 0 Å². The van der Waals surface area contributed by atoms with E-state index < -0.39 is 49.4 Å². The van der Waals surface area contributed by atoms with Crippen molar-refractivity contribution in [2.45, 2.75) is 282 Å². The standard InChI is InChI=1S/C51H96O10/c1-3-5-7-9-11-13-15-17-19-20-21-22-23-24-26-27-29-31-33-35-37-39-46(53)58-42-44(43-59-51-50(57)49(56)48(55)45(41-52)61-51)60-47(54)40-38-36-34-32-30-28-25-18-16-14-12-10-8-6-4-2/h10,12,44-45,48-52,55-57H,3-9,11,13-43H2,1-2H3/b12-10+/t44-,45-,48+,49?,50?,51-/m0/s1. The van der Waals surface area contributed by atoms with Gasteiger partial charge in [0.15, 0.2) is 12.4 Å². The van der Waals surface area contributed by atoms with Crippen LogP contribution in [-0.4, -0.2) is 89.0 Å². The van der Waals surface area contributed by atoms with Crippen LogP contribution in [0.4, 0.5) is 0 Å². The highest BCUT2D eigenvalue weighted by Crippen LogP contribution is 2.23. The Balaban J connectivity index is 2.23. The van der Waals surface area contributed by atoms with Crippen LogP contribution in [-0.2, 0) is 28.5 Å². The molecule has 0 bridgehead atoms. The summed E-state index contributed by atoms with van der Waals surface area (Å²) in [4.78, 5) is 25.4. The quantitative estimate of drug-likeness (QED) is 0.0264. The first-order valence-corrected chi connectivity index (χ1v) is 25.8. The average Bonchev–Trinajstić information content (AvgIpc) is 3.26. The van der Waals surface area contributed by atoms with E-state index in [4.69, 9.17) is 18.9 Å². The molecule has 0 saturated carbocycles. The van der Waals surface area contributed by atoms with Gasteiger partial charge in [0.2, 0.25) is 0 Å². The van der Waals surface area contributed by atoms with Gasteiger partial charge in [-0.3, -0.25) is 9.59 Å². The number of allylic oxidation sites excluding steroid dienone is 2. The van der Waals surface area contributed by atoms with Crippen molar-refractivity contribution in [2.24, 2.45) is 0 Å². The molecular formula is C51H96O10. The Morgan fingerprint density at radius 1 is 0.492 bits per heavy atom. The van der Waals surface area contributed by atoms with Crippen LogP contribution in [0.5, 0.6) is 0 Å². The number of hydrogen-bond donors (Lipinski definition) is 4. The van der Waals surface area contributed by atoms with Gasteiger partial charge < -0.3 is 39.4 Å². The van der Waals surface area contributed by atoms with Crippen molar-refractivity contribution >= 4 is 11.9 Å². The van der Waals surface area contributed by atoms with Crippen molar-refractivity contribution in [3.05, 3.63) is 12.2 Å². The average molecular weight is 869 g/mol. The summed E-state index contributed by atoms with van der Waals surface area (Å²) in [5, 5.41) is 40.2. The highest BCUT2D eigenvalue weighted by atomic mass is 16.7. The summed E-state index contributed by atoms with van der Waals surface area (Å²) >= 11 is 0. The van der Waals surface area contributed by atoms with Crippen LogP contribution in [0.25, 0.3) is 0 Å². The van der Waals surface area contributed by atoms with Gasteiger partial charge in [0, 0.05) is 12.8 Å². The predicted octanol–water partition coefficient (Wildman–Crippen LogP) is 11.9. The first kappa shape index (κ1) is 57.5. The van der Waals surface area contributed by atoms with E-state index in [0.29, 0.717) is 6.42 Å². The molecule has 1 aliphatic rings. The maximum Gasteiger partial charge on any atom is 0.306 e. The molecule has 0 aromatic carbocycles. The summed E-state index contributed by atoms with van der Waals surface area (Å²) in [7, 11) is 0. The van der Waals surface area contributed by atoms with Gasteiger partial charge in [-0.1, -0.05) is 212 Å². The Bertz CT molecular complexity index is 1010. The molecule has 1 rings (SSSR count). The lowest BCUT2D eigenvalue weighted by Crippen LogP contribution is -2.59. The van der Waals surface area contributed by atoms with E-state index >= 15 is 0 Å². The lowest BCUT2D eigenvalue weighted by molar-refractivity contribution is -0.305. The Labute approximate surface area is 373 Å². The summed E-state index contributed by atoms with van der Waals surface area (Å²) in [5.74, 6) is -0.794. The molecule has 360 valence electrons. The van der Waals surface area contributed by atoms with Crippen LogP contribution >= 0.6 is 0 Å². The fourth-order valence-electron chi connectivity index (χ4n) is 8.05. The number of aliphatic hydroxyl groups is 4. The van der Waals surface area contributed by atoms with Crippen LogP contribution in [0, 0.1) is 0 Å². The Morgan fingerprint density at radius 3 is 1.33 bits per heavy atom. The molecule has 2 unspecified atom stereocenters. The molecule has 0 amide bonds. The number of hydrogen-bond acceptors (Lipinski definition) is 10. The zero-order chi connectivity index (χ0) is 44.4. The Hall–Kier alpha value is -1.56. The number of ether oxygens (including phenoxy) is 4. The summed E-state index contributed by atoms with van der Waals surface area (Å²) in [6, 6.07) is 0. The van der Waals surface area contributed by atoms with Crippen LogP contribution in [0.3, 0.4) is 0 Å². The lowest BCUT2D eigenvalue weighted by atomic mass is 9.99. The Morgan fingerprint density at radius 2 is 0.885 bits per heavy atom. The van der Waals surface area contributed by atoms with Crippen molar-refractivity contribution in [1.82, 2.24) is 0 Å². The molecule has 0 aromatic heterocycles. The molecule has 1 fully saturated rings. The van der Waals surface area contributed by atoms with Crippen molar-refractivity contribution in [3.63, 3.8) is 0 Å². The number of carbonyl (C=O) groups is 2. The monoisotopic (exact) mass is 869 g/mol. The highest BCUT2D eigenvalue weighted by Gasteiger charge is 2.44. The van der Waals surface area contributed by atoms with Gasteiger partial charge in [0.05, 0.1) is 13.2 Å². The second-order valence-electron chi connectivity index (χ2n) is 18.0. The minimum atomic E-state index is -1.59. The molecule has 0 aromatic rings. The van der Waals surface area contributed by atoms with Gasteiger partial charge >= 0.3 is 11.9 Å². The molecular weight excluding hydrogens is 773 g/mol. The van der Waals surface area contributed by atoms with Gasteiger partial charge in [-0.05, 0) is 32.1 Å². The first-order valence-electron chi connectivity index (χ1n) is 25.8. The molecule has 1 saturated heterocycles. The van der Waals surface area contributed by atoms with Crippen LogP contribution in [0.1, 0.15) is 245 Å². The van der Waals surface area contributed by atoms with E-state index in [9.17, 15) is 30.0 Å². The van der Waals surface area contributed by atoms with Crippen LogP contribution in [0.15, 0.2) is 12.2 Å². The molecule has 0 spiro atoms. The molecule has 10 heteroatoms. The molecule has 10 nitrogen and oxygen atoms in total. The number of carbonyl (C=O) groups excluding carboxylic acids is 2. The van der Waals surface area contributed by atoms with Gasteiger partial charge in [-0.2, -0.15) is 0 Å². The van der Waals surface area contributed by atoms with E-state index in [0.717, 1.165) is 38.5 Å². The maximum absolute atomic E-state index is 12.8. The maximum atomic E-state index is 12.8. The molecule has 61 heavy (non-hydrogen) atoms. The molecule has 0 aliphatic carbocycles. The Kier molecular flexibility index (Phi) is 39.9. The van der Waals surface area contributed by atoms with E-state index in [2.05, 4.69) is 26.0 Å². The number of unbranched alkanes of at least 4 members (excludes halogenated alkanes) is 31. The zero-order valence-corrected chi connectivity index (χ0v) is 39.4. The fourth-order valence-corrected chi connectivity index (χ4v) is 8.05. The molecule has 1 aliphatic heterocycles. The molecule has 1 heterocycles. The topological polar surface area (TPSA) is 152 Å². The summed E-state index contributed by atoms with van der Waals surface area (Å²) in [6.45, 7) is 3.44. The normalized spacial score (nSPS) is 19.7. The molecule has 6 atom stereocenters. The van der Waals surface area contributed by atoms with Crippen LogP contribution < -0.4 is 0 Å². The number of rotatable bonds is 44. The predicted molar refractivity (Wildman–Crippen MR) is 247 cm³/mol. The molecule has 0 radical (unpaired) electrons. The first-order chi connectivity index (χ1) is 29.8. The van der Waals surface area contributed by atoms with Crippen molar-refractivity contribution in [2.75, 3.05) is 19.8 Å². The third kappa shape index (κ3) is 33.6. The second-order valence-corrected chi connectivity index (χ2v) is 18.0. The number of aliphatic hydroxyl groups excluding tert-OH is 4. The third-order valence-corrected chi connectivity index (χ3v) is 12.2. The van der Waals surface area contributed by atoms with E-state index in [1.165, 1.54) is 173 Å². The second kappa shape index (κ2) is 42.4. The fraction of sp³-hybridized carbons (Fsp3) is 0.922. The molecule has 4 N–H and O–H groups in total. The third-order valence-electron chi connectivity index (χ3n) is 12.2. The van der Waals surface area contributed by atoms with Crippen molar-refractivity contribution < 1.29 is 49.0 Å². The largest absolute Gasteiger partial charge is 0.462 e. The van der Waals surface area contributed by atoms with E-state index in [1.807, 2.05) is 0 Å².